The number of nitrogens with zero attached hydrogens (tertiary/aromatic N) is 2. The Morgan fingerprint density at radius 3 is 2.51 bits per heavy atom. The van der Waals surface area contributed by atoms with Crippen LogP contribution in [0.3, 0.4) is 0 Å². The Morgan fingerprint density at radius 2 is 1.77 bits per heavy atom. The minimum Gasteiger partial charge on any atom is -0.465 e. The predicted octanol–water partition coefficient (Wildman–Crippen LogP) is 4.21. The van der Waals surface area contributed by atoms with Gasteiger partial charge in [0.05, 0.1) is 18.0 Å². The van der Waals surface area contributed by atoms with Crippen LogP contribution < -0.4 is 10.6 Å². The number of amides is 3. The van der Waals surface area contributed by atoms with Gasteiger partial charge in [0, 0.05) is 16.8 Å². The highest BCUT2D eigenvalue weighted by Crippen LogP contribution is 2.25. The number of aryl methyl sites for hydroxylation is 1. The monoisotopic (exact) mass is 470 g/mol. The van der Waals surface area contributed by atoms with Gasteiger partial charge in [-0.2, -0.15) is 0 Å². The molecule has 1 aliphatic rings. The molecule has 178 valence electrons. The normalized spacial score (nSPS) is 14.6. The Morgan fingerprint density at radius 1 is 1.03 bits per heavy atom. The summed E-state index contributed by atoms with van der Waals surface area (Å²) in [6.45, 7) is 3.27. The number of benzene rings is 3. The lowest BCUT2D eigenvalue weighted by Crippen LogP contribution is -2.50. The van der Waals surface area contributed by atoms with E-state index in [-0.39, 0.29) is 6.61 Å². The van der Waals surface area contributed by atoms with Gasteiger partial charge in [-0.1, -0.05) is 60.7 Å². The molecule has 3 aromatic carbocycles. The van der Waals surface area contributed by atoms with Gasteiger partial charge in [0.1, 0.15) is 6.54 Å². The van der Waals surface area contributed by atoms with Gasteiger partial charge < -0.3 is 15.4 Å². The van der Waals surface area contributed by atoms with Crippen molar-refractivity contribution in [2.45, 2.75) is 20.0 Å². The molecule has 8 heteroatoms. The highest BCUT2D eigenvalue weighted by molar-refractivity contribution is 6.20. The molecule has 0 spiro atoms. The van der Waals surface area contributed by atoms with Gasteiger partial charge in [-0.15, -0.1) is 0 Å². The molecule has 0 aliphatic carbocycles. The summed E-state index contributed by atoms with van der Waals surface area (Å²) in [4.78, 5) is 45.0. The molecular formula is C27H26N4O4. The SMILES string of the molecule is CCOC(=O)CN(C(=O)Nc1cccc(C)c1)C1N=C(c2ccccc2)c2ccccc2NC1=O. The number of carbonyl (C=O) groups is 3. The van der Waals surface area contributed by atoms with Crippen LogP contribution in [0.2, 0.25) is 0 Å². The smallest absolute Gasteiger partial charge is 0.325 e. The Kier molecular flexibility index (Phi) is 7.21. The number of benzodiazepines with no additional fused rings is 1. The van der Waals surface area contributed by atoms with Crippen LogP contribution in [0, 0.1) is 6.92 Å². The second kappa shape index (κ2) is 10.6. The van der Waals surface area contributed by atoms with E-state index in [0.29, 0.717) is 22.6 Å². The molecule has 1 heterocycles. The topological polar surface area (TPSA) is 100 Å². The number of para-hydroxylation sites is 1. The number of esters is 1. The molecule has 35 heavy (non-hydrogen) atoms. The van der Waals surface area contributed by atoms with E-state index in [2.05, 4.69) is 10.6 Å². The van der Waals surface area contributed by atoms with Crippen molar-refractivity contribution >= 4 is 35.0 Å². The highest BCUT2D eigenvalue weighted by Gasteiger charge is 2.35. The maximum atomic E-state index is 13.4. The van der Waals surface area contributed by atoms with Crippen molar-refractivity contribution < 1.29 is 19.1 Å². The first-order valence-corrected chi connectivity index (χ1v) is 11.3. The van der Waals surface area contributed by atoms with Crippen molar-refractivity contribution in [1.82, 2.24) is 4.90 Å². The van der Waals surface area contributed by atoms with E-state index < -0.39 is 30.6 Å². The molecule has 3 amide bonds. The fourth-order valence-corrected chi connectivity index (χ4v) is 3.82. The third-order valence-corrected chi connectivity index (χ3v) is 5.40. The van der Waals surface area contributed by atoms with Crippen LogP contribution in [-0.4, -0.2) is 47.8 Å². The van der Waals surface area contributed by atoms with E-state index in [1.807, 2.05) is 61.5 Å². The zero-order valence-electron chi connectivity index (χ0n) is 19.5. The quantitative estimate of drug-likeness (QED) is 0.527. The van der Waals surface area contributed by atoms with Crippen LogP contribution in [-0.2, 0) is 14.3 Å². The van der Waals surface area contributed by atoms with Gasteiger partial charge in [0.2, 0.25) is 6.17 Å². The second-order valence-electron chi connectivity index (χ2n) is 7.98. The number of carbonyl (C=O) groups excluding carboxylic acids is 3. The molecule has 4 rings (SSSR count). The van der Waals surface area contributed by atoms with Crippen LogP contribution in [0.25, 0.3) is 0 Å². The summed E-state index contributed by atoms with van der Waals surface area (Å²) in [5.74, 6) is -1.18. The van der Waals surface area contributed by atoms with E-state index in [9.17, 15) is 14.4 Å². The summed E-state index contributed by atoms with van der Waals surface area (Å²) < 4.78 is 5.08. The molecule has 0 aromatic heterocycles. The number of ether oxygens (including phenoxy) is 1. The van der Waals surface area contributed by atoms with Crippen LogP contribution in [0.4, 0.5) is 16.2 Å². The lowest BCUT2D eigenvalue weighted by Gasteiger charge is -2.27. The molecule has 0 saturated carbocycles. The maximum Gasteiger partial charge on any atom is 0.325 e. The van der Waals surface area contributed by atoms with Crippen LogP contribution in [0.1, 0.15) is 23.6 Å². The van der Waals surface area contributed by atoms with E-state index in [1.54, 1.807) is 31.2 Å². The lowest BCUT2D eigenvalue weighted by molar-refractivity contribution is -0.144. The number of hydrogen-bond donors (Lipinski definition) is 2. The number of anilines is 2. The van der Waals surface area contributed by atoms with E-state index in [0.717, 1.165) is 16.0 Å². The Bertz CT molecular complexity index is 1270. The maximum absolute atomic E-state index is 13.4. The van der Waals surface area contributed by atoms with E-state index in [1.165, 1.54) is 0 Å². The third-order valence-electron chi connectivity index (χ3n) is 5.40. The third kappa shape index (κ3) is 5.55. The van der Waals surface area contributed by atoms with Crippen molar-refractivity contribution in [2.75, 3.05) is 23.8 Å². The molecule has 0 bridgehead atoms. The molecular weight excluding hydrogens is 444 g/mol. The molecule has 3 aromatic rings. The van der Waals surface area contributed by atoms with Crippen molar-refractivity contribution in [3.63, 3.8) is 0 Å². The van der Waals surface area contributed by atoms with E-state index in [4.69, 9.17) is 9.73 Å². The fourth-order valence-electron chi connectivity index (χ4n) is 3.82. The Hall–Kier alpha value is -4.46. The average Bonchev–Trinajstić information content (AvgIpc) is 2.99. The number of aliphatic imine (C=N–C) groups is 1. The molecule has 1 unspecified atom stereocenters. The van der Waals surface area contributed by atoms with E-state index >= 15 is 0 Å². The Balaban J connectivity index is 1.77. The number of fused-ring (bicyclic) bond motifs is 1. The summed E-state index contributed by atoms with van der Waals surface area (Å²) in [5, 5.41) is 5.63. The number of urea groups is 1. The van der Waals surface area contributed by atoms with Gasteiger partial charge in [0.25, 0.3) is 5.91 Å². The number of rotatable bonds is 6. The van der Waals surface area contributed by atoms with Crippen molar-refractivity contribution in [3.05, 3.63) is 95.6 Å². The van der Waals surface area contributed by atoms with Crippen molar-refractivity contribution in [2.24, 2.45) is 4.99 Å². The first kappa shape index (κ1) is 23.7. The molecule has 2 N–H and O–H groups in total. The van der Waals surface area contributed by atoms with Gasteiger partial charge in [-0.25, -0.2) is 9.79 Å². The van der Waals surface area contributed by atoms with Crippen LogP contribution in [0.15, 0.2) is 83.9 Å². The number of nitrogens with one attached hydrogen (secondary N) is 2. The summed E-state index contributed by atoms with van der Waals surface area (Å²) in [6, 6.07) is 23.3. The first-order chi connectivity index (χ1) is 17.0. The van der Waals surface area contributed by atoms with Crippen LogP contribution in [0.5, 0.6) is 0 Å². The summed E-state index contributed by atoms with van der Waals surface area (Å²) >= 11 is 0. The van der Waals surface area contributed by atoms with Gasteiger partial charge in [0.15, 0.2) is 0 Å². The fraction of sp³-hybridized carbons (Fsp3) is 0.185. The van der Waals surface area contributed by atoms with Gasteiger partial charge >= 0.3 is 12.0 Å². The predicted molar refractivity (Wildman–Crippen MR) is 134 cm³/mol. The first-order valence-electron chi connectivity index (χ1n) is 11.3. The van der Waals surface area contributed by atoms with Crippen molar-refractivity contribution in [1.29, 1.82) is 0 Å². The molecule has 1 atom stereocenters. The summed E-state index contributed by atoms with van der Waals surface area (Å²) in [6.07, 6.45) is -1.31. The van der Waals surface area contributed by atoms with Gasteiger partial charge in [-0.3, -0.25) is 14.5 Å². The van der Waals surface area contributed by atoms with Gasteiger partial charge in [-0.05, 0) is 37.6 Å². The molecule has 0 radical (unpaired) electrons. The summed E-state index contributed by atoms with van der Waals surface area (Å²) in [5.41, 5.74) is 4.07. The molecule has 1 aliphatic heterocycles. The zero-order chi connectivity index (χ0) is 24.8. The largest absolute Gasteiger partial charge is 0.465 e. The minimum absolute atomic E-state index is 0.146. The number of hydrogen-bond acceptors (Lipinski definition) is 5. The second-order valence-corrected chi connectivity index (χ2v) is 7.98. The molecule has 8 nitrogen and oxygen atoms in total. The highest BCUT2D eigenvalue weighted by atomic mass is 16.5. The van der Waals surface area contributed by atoms with Crippen molar-refractivity contribution in [3.8, 4) is 0 Å². The summed E-state index contributed by atoms with van der Waals surface area (Å²) in [7, 11) is 0. The Labute approximate surface area is 203 Å². The minimum atomic E-state index is -1.31. The van der Waals surface area contributed by atoms with Crippen LogP contribution >= 0.6 is 0 Å². The lowest BCUT2D eigenvalue weighted by atomic mass is 10.0. The zero-order valence-corrected chi connectivity index (χ0v) is 19.5. The molecule has 0 fully saturated rings. The standard InChI is InChI=1S/C27H26N4O4/c1-3-35-23(32)17-31(27(34)28-20-13-9-10-18(2)16-20)25-26(33)29-22-15-8-7-14-21(22)24(30-25)19-11-5-4-6-12-19/h4-16,25H,3,17H2,1-2H3,(H,28,34)(H,29,33). The molecule has 0 saturated heterocycles. The average molecular weight is 471 g/mol.